The Morgan fingerprint density at radius 1 is 0.628 bits per heavy atom. The van der Waals surface area contributed by atoms with Crippen molar-refractivity contribution in [2.45, 2.75) is 96.7 Å². The van der Waals surface area contributed by atoms with Gasteiger partial charge in [-0.1, -0.05) is 62.4 Å². The lowest BCUT2D eigenvalue weighted by Gasteiger charge is -2.36. The monoisotopic (exact) mass is 1080 g/mol. The van der Waals surface area contributed by atoms with Gasteiger partial charge in [0.25, 0.3) is 11.8 Å². The summed E-state index contributed by atoms with van der Waals surface area (Å²) >= 11 is 0. The summed E-state index contributed by atoms with van der Waals surface area (Å²) in [5.41, 5.74) is -0.406. The number of rotatable bonds is 5. The molecule has 2 aromatic heterocycles. The Labute approximate surface area is 449 Å². The highest BCUT2D eigenvalue weighted by Crippen LogP contribution is 2.25. The SMILES string of the molecule is CC(C)=C1C(=O)OC[C@@H](NC(=O)c2nc3ccccc3cc2O)C(=O)N[C@@H](C)C(=O)N(C)[C@H]2C/C=C\C[C@@H](C(=O)N1C)N(C)C(=O)[C@H](C)NC(=O)[C@H](NC(=O)c1nc3ccccc3cc1O)COC(=O)[C@H](C(C)C)N(C)C2=O. The quantitative estimate of drug-likeness (QED) is 0.0936. The molecule has 6 N–H and O–H groups in total. The van der Waals surface area contributed by atoms with Gasteiger partial charge in [0.15, 0.2) is 11.4 Å². The number of cyclic esters (lactones) is 2. The van der Waals surface area contributed by atoms with E-state index in [1.165, 1.54) is 80.2 Å². The number of carbonyl (C=O) groups excluding carboxylic acids is 10. The first-order valence-electron chi connectivity index (χ1n) is 25.0. The zero-order valence-electron chi connectivity index (χ0n) is 44.9. The number of benzene rings is 2. The number of aromatic nitrogens is 2. The molecule has 2 aliphatic rings. The minimum atomic E-state index is -1.78. The van der Waals surface area contributed by atoms with Gasteiger partial charge in [-0.15, -0.1) is 0 Å². The minimum absolute atomic E-state index is 0.236. The van der Waals surface area contributed by atoms with Crippen LogP contribution in [0.15, 0.2) is 84.1 Å². The van der Waals surface area contributed by atoms with Crippen LogP contribution in [0.5, 0.6) is 11.5 Å². The third-order valence-corrected chi connectivity index (χ3v) is 13.4. The fourth-order valence-electron chi connectivity index (χ4n) is 9.07. The number of hydrogen-bond acceptors (Lipinski definition) is 16. The predicted octanol–water partition coefficient (Wildman–Crippen LogP) is 1.44. The number of carbonyl (C=O) groups is 10. The second-order valence-electron chi connectivity index (χ2n) is 19.6. The topological polar surface area (TPSA) is 316 Å². The molecule has 24 nitrogen and oxygen atoms in total. The van der Waals surface area contributed by atoms with Gasteiger partial charge in [-0.3, -0.25) is 38.4 Å². The normalized spacial score (nSPS) is 23.6. The summed E-state index contributed by atoms with van der Waals surface area (Å²) < 4.78 is 11.3. The van der Waals surface area contributed by atoms with Crippen molar-refractivity contribution >= 4 is 81.0 Å². The van der Waals surface area contributed by atoms with Crippen molar-refractivity contribution in [3.05, 3.63) is 95.5 Å². The van der Waals surface area contributed by atoms with Gasteiger partial charge in [-0.05, 0) is 76.3 Å². The van der Waals surface area contributed by atoms with Crippen LogP contribution in [0.25, 0.3) is 21.8 Å². The first-order valence-corrected chi connectivity index (χ1v) is 25.0. The first-order chi connectivity index (χ1) is 36.8. The van der Waals surface area contributed by atoms with Crippen molar-refractivity contribution in [3.8, 4) is 11.5 Å². The third-order valence-electron chi connectivity index (χ3n) is 13.4. The molecule has 0 fully saturated rings. The van der Waals surface area contributed by atoms with Crippen LogP contribution in [-0.4, -0.2) is 183 Å². The van der Waals surface area contributed by atoms with E-state index >= 15 is 0 Å². The third kappa shape index (κ3) is 13.0. The van der Waals surface area contributed by atoms with E-state index in [-0.39, 0.29) is 24.1 Å². The molecule has 2 aromatic carbocycles. The van der Waals surface area contributed by atoms with Gasteiger partial charge >= 0.3 is 11.9 Å². The van der Waals surface area contributed by atoms with Crippen molar-refractivity contribution in [3.63, 3.8) is 0 Å². The van der Waals surface area contributed by atoms with E-state index in [1.807, 2.05) is 0 Å². The predicted molar refractivity (Wildman–Crippen MR) is 280 cm³/mol. The maximum absolute atomic E-state index is 14.8. The molecular weight excluding hydrogens is 1010 g/mol. The Balaban J connectivity index is 1.42. The van der Waals surface area contributed by atoms with Crippen molar-refractivity contribution in [1.29, 1.82) is 0 Å². The van der Waals surface area contributed by atoms with Gasteiger partial charge in [0.05, 0.1) is 11.0 Å². The highest BCUT2D eigenvalue weighted by molar-refractivity contribution is 6.03. The zero-order valence-corrected chi connectivity index (χ0v) is 44.9. The number of pyridine rings is 2. The molecular formula is C54H64N10O14. The number of fused-ring (bicyclic) bond motifs is 6. The van der Waals surface area contributed by atoms with Crippen LogP contribution < -0.4 is 21.3 Å². The molecule has 0 saturated carbocycles. The minimum Gasteiger partial charge on any atom is -0.505 e. The maximum Gasteiger partial charge on any atom is 0.355 e. The molecule has 6 rings (SSSR count). The van der Waals surface area contributed by atoms with Crippen LogP contribution in [0.4, 0.5) is 0 Å². The van der Waals surface area contributed by atoms with Crippen molar-refractivity contribution in [2.24, 2.45) is 5.92 Å². The van der Waals surface area contributed by atoms with Crippen LogP contribution in [0, 0.1) is 5.92 Å². The zero-order chi connectivity index (χ0) is 57.4. The van der Waals surface area contributed by atoms with Gasteiger partial charge < -0.3 is 60.6 Å². The van der Waals surface area contributed by atoms with E-state index in [0.29, 0.717) is 21.8 Å². The molecule has 0 aliphatic carbocycles. The molecule has 7 atom stereocenters. The smallest absolute Gasteiger partial charge is 0.355 e. The molecule has 0 spiro atoms. The second kappa shape index (κ2) is 24.8. The molecule has 8 amide bonds. The molecule has 414 valence electrons. The Hall–Kier alpha value is -8.96. The number of esters is 2. The standard InChI is InChI=1S/C54H64N10O14/c1-27(2)43-53(75)77-25-35(59-47(69)41-39(65)23-31-17-11-13-19-33(31)57-41)45(67)55-30(6)50(72)62(8)38-22-16-15-21-37(51(73)63(43)9)61(7)49(71)29(5)56-46(68)36(26-78-54(76)44(28(3)4)64(10)52(38)74)60-48(70)42-40(66)24-32-18-12-14-20-34(32)58-42/h11-20,23-24,27,29-30,35-38,43,65-66H,21-22,25-26H2,1-10H3,(H,55,67)(H,56,68)(H,59,69)(H,60,70)/b16-15-/t29-,30-,35+,36+,37-,38-,43-/m0/s1. The summed E-state index contributed by atoms with van der Waals surface area (Å²) in [4.78, 5) is 155. The van der Waals surface area contributed by atoms with Gasteiger partial charge in [-0.2, -0.15) is 0 Å². The summed E-state index contributed by atoms with van der Waals surface area (Å²) in [5.74, 6) is -11.5. The first kappa shape index (κ1) is 58.3. The summed E-state index contributed by atoms with van der Waals surface area (Å²) in [7, 11) is 5.10. The molecule has 0 saturated heterocycles. The van der Waals surface area contributed by atoms with Gasteiger partial charge in [0.1, 0.15) is 72.7 Å². The number of nitrogens with one attached hydrogen (secondary N) is 4. The number of aromatic hydroxyl groups is 2. The van der Waals surface area contributed by atoms with E-state index in [2.05, 4.69) is 31.2 Å². The van der Waals surface area contributed by atoms with E-state index in [1.54, 1.807) is 62.4 Å². The lowest BCUT2D eigenvalue weighted by Crippen LogP contribution is -2.59. The lowest BCUT2D eigenvalue weighted by atomic mass is 10.0. The highest BCUT2D eigenvalue weighted by Gasteiger charge is 2.41. The van der Waals surface area contributed by atoms with Gasteiger partial charge in [-0.25, -0.2) is 19.6 Å². The molecule has 4 aromatic rings. The highest BCUT2D eigenvalue weighted by atomic mass is 16.5. The fraction of sp³-hybridized carbons (Fsp3) is 0.407. The summed E-state index contributed by atoms with van der Waals surface area (Å²) in [6.07, 6.45) is 2.42. The van der Waals surface area contributed by atoms with Crippen molar-refractivity contribution in [2.75, 3.05) is 41.4 Å². The summed E-state index contributed by atoms with van der Waals surface area (Å²) in [6, 6.07) is 5.08. The van der Waals surface area contributed by atoms with E-state index in [4.69, 9.17) is 9.47 Å². The molecule has 0 unspecified atom stereocenters. The van der Waals surface area contributed by atoms with Gasteiger partial charge in [0, 0.05) is 39.0 Å². The Bertz CT molecular complexity index is 3120. The fourth-order valence-corrected chi connectivity index (χ4v) is 9.07. The summed E-state index contributed by atoms with van der Waals surface area (Å²) in [5, 5.41) is 32.5. The Kier molecular flexibility index (Phi) is 18.5. The molecule has 78 heavy (non-hydrogen) atoms. The number of allylic oxidation sites excluding steroid dienone is 1. The van der Waals surface area contributed by atoms with Crippen molar-refractivity contribution < 1.29 is 67.6 Å². The molecule has 24 heteroatoms. The number of amides is 8. The largest absolute Gasteiger partial charge is 0.505 e. The Morgan fingerprint density at radius 2 is 1.05 bits per heavy atom. The lowest BCUT2D eigenvalue weighted by molar-refractivity contribution is -0.159. The molecule has 0 radical (unpaired) electrons. The van der Waals surface area contributed by atoms with Crippen molar-refractivity contribution in [1.82, 2.24) is 50.8 Å². The van der Waals surface area contributed by atoms with E-state index < -0.39 is 144 Å². The van der Waals surface area contributed by atoms with Crippen LogP contribution in [-0.2, 0) is 47.8 Å². The molecule has 4 heterocycles. The van der Waals surface area contributed by atoms with Gasteiger partial charge in [0.2, 0.25) is 35.4 Å². The number of nitrogens with zero attached hydrogens (tertiary/aromatic N) is 6. The Morgan fingerprint density at radius 3 is 1.49 bits per heavy atom. The average Bonchev–Trinajstić information content (AvgIpc) is 3.39. The van der Waals surface area contributed by atoms with Crippen LogP contribution >= 0.6 is 0 Å². The summed E-state index contributed by atoms with van der Waals surface area (Å²) in [6.45, 7) is 7.05. The molecule has 2 aliphatic heterocycles. The number of hydrogen-bond donors (Lipinski definition) is 6. The van der Waals surface area contributed by atoms with Crippen LogP contribution in [0.1, 0.15) is 75.4 Å². The number of likely N-dealkylation sites (N-methyl/N-ethyl adjacent to an activating group) is 4. The van der Waals surface area contributed by atoms with E-state index in [9.17, 15) is 58.2 Å². The van der Waals surface area contributed by atoms with Crippen LogP contribution in [0.2, 0.25) is 0 Å². The maximum atomic E-state index is 14.8. The second-order valence-corrected chi connectivity index (χ2v) is 19.6. The molecule has 2 bridgehead atoms. The van der Waals surface area contributed by atoms with E-state index in [0.717, 1.165) is 19.6 Å². The number of para-hydroxylation sites is 2. The average molecular weight is 1080 g/mol. The van der Waals surface area contributed by atoms with Crippen LogP contribution in [0.3, 0.4) is 0 Å². The number of ether oxygens (including phenoxy) is 2.